The summed E-state index contributed by atoms with van der Waals surface area (Å²) >= 11 is 0. The van der Waals surface area contributed by atoms with Crippen LogP contribution in [0.1, 0.15) is 18.5 Å². The fraction of sp³-hybridized carbons (Fsp3) is 0.316. The van der Waals surface area contributed by atoms with E-state index in [4.69, 9.17) is 0 Å². The van der Waals surface area contributed by atoms with Crippen molar-refractivity contribution in [2.24, 2.45) is 0 Å². The number of alkyl halides is 3. The van der Waals surface area contributed by atoms with Crippen LogP contribution >= 0.6 is 0 Å². The predicted octanol–water partition coefficient (Wildman–Crippen LogP) is 3.07. The van der Waals surface area contributed by atoms with Gasteiger partial charge in [0.05, 0.1) is 23.9 Å². The molecule has 9 nitrogen and oxygen atoms in total. The van der Waals surface area contributed by atoms with Gasteiger partial charge < -0.3 is 15.4 Å². The van der Waals surface area contributed by atoms with E-state index in [1.165, 1.54) is 31.4 Å². The summed E-state index contributed by atoms with van der Waals surface area (Å²) in [6, 6.07) is 5.39. The van der Waals surface area contributed by atoms with E-state index in [9.17, 15) is 31.2 Å². The highest BCUT2D eigenvalue weighted by molar-refractivity contribution is 7.89. The maximum absolute atomic E-state index is 12.9. The molecule has 1 saturated heterocycles. The number of amides is 2. The second-order valence-electron chi connectivity index (χ2n) is 6.83. The molecule has 32 heavy (non-hydrogen) atoms. The quantitative estimate of drug-likeness (QED) is 0.646. The summed E-state index contributed by atoms with van der Waals surface area (Å²) in [6.45, 7) is 0.186. The van der Waals surface area contributed by atoms with Crippen LogP contribution in [0.5, 0.6) is 0 Å². The van der Waals surface area contributed by atoms with Gasteiger partial charge in [-0.3, -0.25) is 4.79 Å². The van der Waals surface area contributed by atoms with Crippen LogP contribution in [0.2, 0.25) is 0 Å². The number of pyridine rings is 1. The van der Waals surface area contributed by atoms with E-state index in [1.54, 1.807) is 0 Å². The Balaban J connectivity index is 1.65. The number of carbonyl (C=O) groups is 2. The number of halogens is 3. The number of aromatic nitrogens is 1. The summed E-state index contributed by atoms with van der Waals surface area (Å²) in [5.41, 5.74) is -0.808. The molecule has 1 fully saturated rings. The average molecular weight is 472 g/mol. The molecule has 2 N–H and O–H groups in total. The number of carbonyl (C=O) groups excluding carboxylic acids is 2. The molecule has 172 valence electrons. The zero-order valence-corrected chi connectivity index (χ0v) is 17.5. The van der Waals surface area contributed by atoms with Gasteiger partial charge in [-0.2, -0.15) is 17.5 Å². The summed E-state index contributed by atoms with van der Waals surface area (Å²) in [4.78, 5) is 27.1. The van der Waals surface area contributed by atoms with Crippen LogP contribution in [0.4, 0.5) is 29.3 Å². The Labute approximate surface area is 181 Å². The molecule has 0 spiro atoms. The highest BCUT2D eigenvalue weighted by atomic mass is 32.2. The minimum absolute atomic E-state index is 0.0394. The summed E-state index contributed by atoms with van der Waals surface area (Å²) in [5.74, 6) is -0.626. The molecule has 0 unspecified atom stereocenters. The van der Waals surface area contributed by atoms with E-state index in [2.05, 4.69) is 20.4 Å². The molecule has 1 aliphatic heterocycles. The van der Waals surface area contributed by atoms with E-state index in [0.29, 0.717) is 12.8 Å². The molecule has 0 bridgehead atoms. The molecule has 0 saturated carbocycles. The molecule has 1 aliphatic rings. The third-order valence-corrected chi connectivity index (χ3v) is 6.63. The van der Waals surface area contributed by atoms with E-state index in [0.717, 1.165) is 22.6 Å². The lowest BCUT2D eigenvalue weighted by molar-refractivity contribution is -0.144. The molecule has 0 radical (unpaired) electrons. The molecule has 2 aromatic rings. The van der Waals surface area contributed by atoms with Gasteiger partial charge in [0.1, 0.15) is 11.7 Å². The number of methoxy groups -OCH3 is 1. The van der Waals surface area contributed by atoms with E-state index in [-0.39, 0.29) is 22.8 Å². The highest BCUT2D eigenvalue weighted by Gasteiger charge is 2.40. The van der Waals surface area contributed by atoms with Crippen LogP contribution in [0.3, 0.4) is 0 Å². The van der Waals surface area contributed by atoms with Gasteiger partial charge in [0.15, 0.2) is 0 Å². The van der Waals surface area contributed by atoms with Crippen LogP contribution in [-0.2, 0) is 25.7 Å². The fourth-order valence-corrected chi connectivity index (χ4v) is 4.82. The lowest BCUT2D eigenvalue weighted by Gasteiger charge is -2.22. The number of anilines is 2. The molecule has 1 atom stereocenters. The summed E-state index contributed by atoms with van der Waals surface area (Å²) in [6.07, 6.45) is -2.83. The second-order valence-corrected chi connectivity index (χ2v) is 8.72. The average Bonchev–Trinajstić information content (AvgIpc) is 3.24. The Morgan fingerprint density at radius 2 is 1.72 bits per heavy atom. The minimum Gasteiger partial charge on any atom is -0.468 e. The topological polar surface area (TPSA) is 118 Å². The van der Waals surface area contributed by atoms with Crippen molar-refractivity contribution >= 4 is 33.4 Å². The number of rotatable bonds is 5. The highest BCUT2D eigenvalue weighted by Crippen LogP contribution is 2.29. The number of ether oxygens (including phenoxy) is 1. The van der Waals surface area contributed by atoms with Gasteiger partial charge >= 0.3 is 18.2 Å². The summed E-state index contributed by atoms with van der Waals surface area (Å²) in [7, 11) is -2.76. The van der Waals surface area contributed by atoms with Gasteiger partial charge in [-0.25, -0.2) is 18.2 Å². The molecule has 13 heteroatoms. The Kier molecular flexibility index (Phi) is 6.69. The lowest BCUT2D eigenvalue weighted by Crippen LogP contribution is -2.41. The first-order valence-corrected chi connectivity index (χ1v) is 10.8. The number of nitrogens with one attached hydrogen (secondary N) is 2. The van der Waals surface area contributed by atoms with Crippen molar-refractivity contribution in [3.63, 3.8) is 0 Å². The molecule has 0 aliphatic carbocycles. The first kappa shape index (κ1) is 23.5. The van der Waals surface area contributed by atoms with Gasteiger partial charge in [-0.05, 0) is 49.2 Å². The van der Waals surface area contributed by atoms with Gasteiger partial charge in [0.25, 0.3) is 0 Å². The SMILES string of the molecule is COC(=O)[C@@H]1CCCN1S(=O)(=O)c1ccc(NC(=O)Nc2ccc(C(F)(F)F)nc2)cc1. The van der Waals surface area contributed by atoms with E-state index >= 15 is 0 Å². The summed E-state index contributed by atoms with van der Waals surface area (Å²) < 4.78 is 69.1. The van der Waals surface area contributed by atoms with Crippen molar-refractivity contribution in [3.8, 4) is 0 Å². The monoisotopic (exact) mass is 472 g/mol. The van der Waals surface area contributed by atoms with Crippen LogP contribution in [-0.4, -0.2) is 49.4 Å². The van der Waals surface area contributed by atoms with Crippen molar-refractivity contribution < 1.29 is 35.9 Å². The number of hydrogen-bond acceptors (Lipinski definition) is 6. The van der Waals surface area contributed by atoms with Crippen molar-refractivity contribution in [1.82, 2.24) is 9.29 Å². The Hall–Kier alpha value is -3.19. The van der Waals surface area contributed by atoms with E-state index < -0.39 is 39.9 Å². The van der Waals surface area contributed by atoms with Crippen molar-refractivity contribution in [3.05, 3.63) is 48.3 Å². The number of esters is 1. The number of nitrogens with zero attached hydrogens (tertiary/aromatic N) is 2. The predicted molar refractivity (Wildman–Crippen MR) is 107 cm³/mol. The molecular weight excluding hydrogens is 453 g/mol. The Bertz CT molecular complexity index is 1090. The molecule has 2 heterocycles. The zero-order chi connectivity index (χ0) is 23.5. The number of benzene rings is 1. The molecule has 1 aromatic heterocycles. The van der Waals surface area contributed by atoms with Gasteiger partial charge in [-0.15, -0.1) is 0 Å². The maximum Gasteiger partial charge on any atom is 0.433 e. The lowest BCUT2D eigenvalue weighted by atomic mass is 10.2. The van der Waals surface area contributed by atoms with Gasteiger partial charge in [0.2, 0.25) is 10.0 Å². The third kappa shape index (κ3) is 5.16. The standard InChI is InChI=1S/C19H19F3N4O5S/c1-31-17(27)15-3-2-10-26(15)32(29,30)14-7-4-12(5-8-14)24-18(28)25-13-6-9-16(23-11-13)19(20,21)22/h4-9,11,15H,2-3,10H2,1H3,(H2,24,25,28)/t15-/m0/s1. The number of urea groups is 1. The van der Waals surface area contributed by atoms with Gasteiger partial charge in [0, 0.05) is 12.2 Å². The fourth-order valence-electron chi connectivity index (χ4n) is 3.17. The Morgan fingerprint density at radius 3 is 2.28 bits per heavy atom. The van der Waals surface area contributed by atoms with E-state index in [1.807, 2.05) is 0 Å². The Morgan fingerprint density at radius 1 is 1.09 bits per heavy atom. The molecule has 3 rings (SSSR count). The first-order chi connectivity index (χ1) is 15.0. The maximum atomic E-state index is 12.9. The molecule has 1 aromatic carbocycles. The summed E-state index contributed by atoms with van der Waals surface area (Å²) in [5, 5.41) is 4.76. The van der Waals surface area contributed by atoms with Crippen LogP contribution in [0.25, 0.3) is 0 Å². The number of hydrogen-bond donors (Lipinski definition) is 2. The third-order valence-electron chi connectivity index (χ3n) is 4.71. The second kappa shape index (κ2) is 9.12. The van der Waals surface area contributed by atoms with Crippen molar-refractivity contribution in [2.45, 2.75) is 30.0 Å². The normalized spacial score (nSPS) is 17.1. The molecular formula is C19H19F3N4O5S. The van der Waals surface area contributed by atoms with Crippen LogP contribution in [0, 0.1) is 0 Å². The van der Waals surface area contributed by atoms with Crippen molar-refractivity contribution in [2.75, 3.05) is 24.3 Å². The van der Waals surface area contributed by atoms with Crippen molar-refractivity contribution in [1.29, 1.82) is 0 Å². The van der Waals surface area contributed by atoms with Crippen LogP contribution < -0.4 is 10.6 Å². The first-order valence-electron chi connectivity index (χ1n) is 9.33. The van der Waals surface area contributed by atoms with Gasteiger partial charge in [-0.1, -0.05) is 0 Å². The van der Waals surface area contributed by atoms with Crippen LogP contribution in [0.15, 0.2) is 47.5 Å². The largest absolute Gasteiger partial charge is 0.468 e. The zero-order valence-electron chi connectivity index (χ0n) is 16.7. The minimum atomic E-state index is -4.59. The molecule has 2 amide bonds. The number of sulfonamides is 1. The smallest absolute Gasteiger partial charge is 0.433 e.